The van der Waals surface area contributed by atoms with Crippen molar-refractivity contribution < 1.29 is 9.72 Å². The molecular formula is C9H6N2O3. The molecule has 0 saturated carbocycles. The van der Waals surface area contributed by atoms with Crippen molar-refractivity contribution in [3.8, 4) is 6.07 Å². The van der Waals surface area contributed by atoms with Crippen LogP contribution in [0.15, 0.2) is 12.1 Å². The second kappa shape index (κ2) is 3.66. The molecule has 1 aromatic carbocycles. The summed E-state index contributed by atoms with van der Waals surface area (Å²) in [5, 5.41) is 19.2. The van der Waals surface area contributed by atoms with Gasteiger partial charge in [0, 0.05) is 17.2 Å². The van der Waals surface area contributed by atoms with E-state index in [0.29, 0.717) is 6.29 Å². The van der Waals surface area contributed by atoms with E-state index in [2.05, 4.69) is 0 Å². The maximum atomic E-state index is 10.5. The van der Waals surface area contributed by atoms with Crippen molar-refractivity contribution in [2.45, 2.75) is 6.92 Å². The van der Waals surface area contributed by atoms with Gasteiger partial charge in [0.05, 0.1) is 10.5 Å². The molecule has 0 bridgehead atoms. The van der Waals surface area contributed by atoms with Crippen molar-refractivity contribution in [1.29, 1.82) is 5.26 Å². The van der Waals surface area contributed by atoms with Gasteiger partial charge in [0.25, 0.3) is 5.69 Å². The number of nitriles is 1. The van der Waals surface area contributed by atoms with Crippen molar-refractivity contribution in [3.05, 3.63) is 38.9 Å². The van der Waals surface area contributed by atoms with Crippen molar-refractivity contribution in [3.63, 3.8) is 0 Å². The Morgan fingerprint density at radius 2 is 2.21 bits per heavy atom. The lowest BCUT2D eigenvalue weighted by molar-refractivity contribution is -0.385. The first-order valence-corrected chi connectivity index (χ1v) is 3.75. The first kappa shape index (κ1) is 9.86. The molecule has 0 aliphatic rings. The molecule has 0 unspecified atom stereocenters. The van der Waals surface area contributed by atoms with Crippen LogP contribution in [0, 0.1) is 28.4 Å². The van der Waals surface area contributed by atoms with Gasteiger partial charge in [-0.05, 0) is 13.0 Å². The first-order valence-electron chi connectivity index (χ1n) is 3.75. The van der Waals surface area contributed by atoms with Crippen molar-refractivity contribution in [2.24, 2.45) is 0 Å². The zero-order valence-corrected chi connectivity index (χ0v) is 7.35. The van der Waals surface area contributed by atoms with Crippen molar-refractivity contribution >= 4 is 12.0 Å². The lowest BCUT2D eigenvalue weighted by Gasteiger charge is -2.00. The van der Waals surface area contributed by atoms with E-state index in [1.807, 2.05) is 0 Å². The number of carbonyl (C=O) groups is 1. The molecule has 14 heavy (non-hydrogen) atoms. The van der Waals surface area contributed by atoms with Crippen LogP contribution in [0.3, 0.4) is 0 Å². The maximum absolute atomic E-state index is 10.5. The maximum Gasteiger partial charge on any atom is 0.273 e. The Balaban J connectivity index is 3.52. The van der Waals surface area contributed by atoms with E-state index in [1.165, 1.54) is 19.1 Å². The highest BCUT2D eigenvalue weighted by Gasteiger charge is 2.16. The zero-order valence-electron chi connectivity index (χ0n) is 7.35. The molecule has 1 aromatic rings. The number of nitro groups is 1. The molecule has 0 fully saturated rings. The number of rotatable bonds is 2. The fraction of sp³-hybridized carbons (Fsp3) is 0.111. The van der Waals surface area contributed by atoms with E-state index < -0.39 is 4.92 Å². The van der Waals surface area contributed by atoms with Crippen LogP contribution in [0.25, 0.3) is 0 Å². The third-order valence-electron chi connectivity index (χ3n) is 1.90. The van der Waals surface area contributed by atoms with E-state index in [1.54, 1.807) is 6.07 Å². The second-order valence-corrected chi connectivity index (χ2v) is 2.66. The number of aldehydes is 1. The number of nitrogens with zero attached hydrogens (tertiary/aromatic N) is 2. The summed E-state index contributed by atoms with van der Waals surface area (Å²) in [6.45, 7) is 1.45. The monoisotopic (exact) mass is 190 g/mol. The number of nitro benzene ring substituents is 1. The zero-order chi connectivity index (χ0) is 10.7. The van der Waals surface area contributed by atoms with Crippen LogP contribution in [0.5, 0.6) is 0 Å². The molecule has 5 heteroatoms. The molecule has 0 amide bonds. The Kier molecular flexibility index (Phi) is 2.58. The molecule has 5 nitrogen and oxygen atoms in total. The number of hydrogen-bond acceptors (Lipinski definition) is 4. The van der Waals surface area contributed by atoms with Gasteiger partial charge in [-0.1, -0.05) is 0 Å². The van der Waals surface area contributed by atoms with E-state index >= 15 is 0 Å². The van der Waals surface area contributed by atoms with Gasteiger partial charge in [0.2, 0.25) is 0 Å². The highest BCUT2D eigenvalue weighted by Crippen LogP contribution is 2.22. The summed E-state index contributed by atoms with van der Waals surface area (Å²) >= 11 is 0. The lowest BCUT2D eigenvalue weighted by atomic mass is 10.0. The Hall–Kier alpha value is -2.22. The van der Waals surface area contributed by atoms with E-state index in [-0.39, 0.29) is 22.4 Å². The predicted octanol–water partition coefficient (Wildman–Crippen LogP) is 1.59. The van der Waals surface area contributed by atoms with Gasteiger partial charge in [0.15, 0.2) is 6.29 Å². The average molecular weight is 190 g/mol. The van der Waals surface area contributed by atoms with Crippen molar-refractivity contribution in [2.75, 3.05) is 0 Å². The summed E-state index contributed by atoms with van der Waals surface area (Å²) < 4.78 is 0. The molecule has 1 rings (SSSR count). The third kappa shape index (κ3) is 1.45. The Morgan fingerprint density at radius 1 is 1.57 bits per heavy atom. The minimum atomic E-state index is -0.579. The molecule has 70 valence electrons. The Bertz CT molecular complexity index is 446. The highest BCUT2D eigenvalue weighted by atomic mass is 16.6. The molecule has 0 aliphatic carbocycles. The van der Waals surface area contributed by atoms with Gasteiger partial charge in [-0.25, -0.2) is 0 Å². The summed E-state index contributed by atoms with van der Waals surface area (Å²) in [6, 6.07) is 4.27. The largest absolute Gasteiger partial charge is 0.298 e. The van der Waals surface area contributed by atoms with Gasteiger partial charge >= 0.3 is 0 Å². The number of benzene rings is 1. The standard InChI is InChI=1S/C9H6N2O3/c1-6-8(4-10)7(5-12)2-3-9(6)11(13)14/h2-3,5H,1H3. The van der Waals surface area contributed by atoms with E-state index in [0.717, 1.165) is 0 Å². The van der Waals surface area contributed by atoms with Crippen LogP contribution in [-0.4, -0.2) is 11.2 Å². The summed E-state index contributed by atoms with van der Waals surface area (Å²) in [4.78, 5) is 20.4. The second-order valence-electron chi connectivity index (χ2n) is 2.66. The molecule has 0 atom stereocenters. The molecule has 0 heterocycles. The highest BCUT2D eigenvalue weighted by molar-refractivity contribution is 5.81. The van der Waals surface area contributed by atoms with Crippen molar-refractivity contribution in [1.82, 2.24) is 0 Å². The molecule has 0 N–H and O–H groups in total. The molecule has 0 aromatic heterocycles. The normalized spacial score (nSPS) is 9.14. The van der Waals surface area contributed by atoms with Gasteiger partial charge in [-0.15, -0.1) is 0 Å². The average Bonchev–Trinajstić information content (AvgIpc) is 2.16. The smallest absolute Gasteiger partial charge is 0.273 e. The van der Waals surface area contributed by atoms with Crippen LogP contribution < -0.4 is 0 Å². The summed E-state index contributed by atoms with van der Waals surface area (Å²) in [5.74, 6) is 0. The Labute approximate surface area is 79.7 Å². The van der Waals surface area contributed by atoms with Gasteiger partial charge in [-0.3, -0.25) is 14.9 Å². The van der Waals surface area contributed by atoms with Crippen LogP contribution in [0.4, 0.5) is 5.69 Å². The first-order chi connectivity index (χ1) is 6.61. The number of hydrogen-bond donors (Lipinski definition) is 0. The molecule has 0 radical (unpaired) electrons. The van der Waals surface area contributed by atoms with Crippen LogP contribution in [-0.2, 0) is 0 Å². The summed E-state index contributed by atoms with van der Waals surface area (Å²) in [6.07, 6.45) is 0.509. The molecule has 0 saturated heterocycles. The molecular weight excluding hydrogens is 184 g/mol. The van der Waals surface area contributed by atoms with E-state index in [4.69, 9.17) is 5.26 Å². The fourth-order valence-corrected chi connectivity index (χ4v) is 1.17. The van der Waals surface area contributed by atoms with Crippen LogP contribution >= 0.6 is 0 Å². The van der Waals surface area contributed by atoms with E-state index in [9.17, 15) is 14.9 Å². The summed E-state index contributed by atoms with van der Waals surface area (Å²) in [7, 11) is 0. The lowest BCUT2D eigenvalue weighted by Crippen LogP contribution is -1.97. The molecule has 0 aliphatic heterocycles. The fourth-order valence-electron chi connectivity index (χ4n) is 1.17. The Morgan fingerprint density at radius 3 is 2.64 bits per heavy atom. The van der Waals surface area contributed by atoms with Crippen LogP contribution in [0.2, 0.25) is 0 Å². The van der Waals surface area contributed by atoms with Gasteiger partial charge in [0.1, 0.15) is 6.07 Å². The minimum absolute atomic E-state index is 0.0641. The minimum Gasteiger partial charge on any atom is -0.298 e. The SMILES string of the molecule is Cc1c([N+](=O)[O-])ccc(C=O)c1C#N. The van der Waals surface area contributed by atoms with Crippen LogP contribution in [0.1, 0.15) is 21.5 Å². The summed E-state index contributed by atoms with van der Waals surface area (Å²) in [5.41, 5.74) is 0.319. The number of carbonyl (C=O) groups excluding carboxylic acids is 1. The predicted molar refractivity (Wildman–Crippen MR) is 47.9 cm³/mol. The third-order valence-corrected chi connectivity index (χ3v) is 1.90. The van der Waals surface area contributed by atoms with Gasteiger partial charge < -0.3 is 0 Å². The topological polar surface area (TPSA) is 84.0 Å². The molecule has 0 spiro atoms. The quantitative estimate of drug-likeness (QED) is 0.402. The van der Waals surface area contributed by atoms with Gasteiger partial charge in [-0.2, -0.15) is 5.26 Å².